The Labute approximate surface area is 129 Å². The molecule has 0 saturated heterocycles. The summed E-state index contributed by atoms with van der Waals surface area (Å²) in [5.41, 5.74) is 6.64. The highest BCUT2D eigenvalue weighted by atomic mass is 35.5. The van der Waals surface area contributed by atoms with Crippen LogP contribution in [-0.4, -0.2) is 24.8 Å². The number of nitrogens with zero attached hydrogens (tertiary/aromatic N) is 2. The first-order valence-electron chi connectivity index (χ1n) is 6.28. The van der Waals surface area contributed by atoms with Gasteiger partial charge in [0.25, 0.3) is 10.0 Å². The van der Waals surface area contributed by atoms with Gasteiger partial charge in [-0.3, -0.25) is 0 Å². The van der Waals surface area contributed by atoms with Gasteiger partial charge in [-0.2, -0.15) is 4.31 Å². The summed E-state index contributed by atoms with van der Waals surface area (Å²) in [6.45, 7) is 1.78. The number of nitrogens with two attached hydrogens (primary N) is 1. The Kier molecular flexibility index (Phi) is 4.51. The number of nitrogen functional groups attached to an aromatic ring is 1. The van der Waals surface area contributed by atoms with Crippen molar-refractivity contribution in [3.63, 3.8) is 0 Å². The van der Waals surface area contributed by atoms with Gasteiger partial charge in [0.1, 0.15) is 0 Å². The maximum Gasteiger partial charge on any atom is 0.262 e. The number of hydrogen-bond acceptors (Lipinski definition) is 4. The molecular weight excluding hydrogens is 310 g/mol. The van der Waals surface area contributed by atoms with Gasteiger partial charge in [-0.15, -0.1) is 0 Å². The Balaban J connectivity index is 2.39. The third kappa shape index (κ3) is 3.18. The van der Waals surface area contributed by atoms with Crippen LogP contribution in [0.4, 0.5) is 5.69 Å². The van der Waals surface area contributed by atoms with Gasteiger partial charge in [0.2, 0.25) is 0 Å². The molecule has 2 N–H and O–H groups in total. The van der Waals surface area contributed by atoms with Crippen LogP contribution in [0.3, 0.4) is 0 Å². The topological polar surface area (TPSA) is 76.3 Å². The van der Waals surface area contributed by atoms with Crippen molar-refractivity contribution in [2.45, 2.75) is 18.0 Å². The van der Waals surface area contributed by atoms with E-state index >= 15 is 0 Å². The van der Waals surface area contributed by atoms with Crippen LogP contribution >= 0.6 is 11.6 Å². The Hall–Kier alpha value is -1.63. The molecule has 5 nitrogen and oxygen atoms in total. The number of benzene rings is 1. The summed E-state index contributed by atoms with van der Waals surface area (Å²) in [6.07, 6.45) is 1.40. The minimum Gasteiger partial charge on any atom is -0.396 e. The molecule has 0 aliphatic carbocycles. The average Bonchev–Trinajstić information content (AvgIpc) is 2.46. The molecule has 0 aliphatic heterocycles. The molecule has 1 aromatic carbocycles. The van der Waals surface area contributed by atoms with E-state index in [9.17, 15) is 8.42 Å². The number of anilines is 1. The van der Waals surface area contributed by atoms with Gasteiger partial charge in [0.05, 0.1) is 5.69 Å². The second-order valence-electron chi connectivity index (χ2n) is 4.65. The second-order valence-corrected chi connectivity index (χ2v) is 7.00. The fraction of sp³-hybridized carbons (Fsp3) is 0.214. The van der Waals surface area contributed by atoms with Crippen LogP contribution in [0.25, 0.3) is 0 Å². The van der Waals surface area contributed by atoms with Crippen molar-refractivity contribution in [3.8, 4) is 0 Å². The van der Waals surface area contributed by atoms with E-state index in [1.165, 1.54) is 23.6 Å². The molecule has 1 aromatic heterocycles. The number of hydrogen-bond donors (Lipinski definition) is 1. The van der Waals surface area contributed by atoms with Crippen molar-refractivity contribution in [1.29, 1.82) is 0 Å². The van der Waals surface area contributed by atoms with E-state index in [-0.39, 0.29) is 10.7 Å². The first kappa shape index (κ1) is 15.8. The maximum atomic E-state index is 12.6. The summed E-state index contributed by atoms with van der Waals surface area (Å²) in [5, 5.41) is 0.420. The quantitative estimate of drug-likeness (QED) is 0.937. The number of aromatic nitrogens is 1. The summed E-state index contributed by atoms with van der Waals surface area (Å²) < 4.78 is 26.4. The highest BCUT2D eigenvalue weighted by Crippen LogP contribution is 2.28. The van der Waals surface area contributed by atoms with E-state index in [2.05, 4.69) is 4.98 Å². The van der Waals surface area contributed by atoms with Crippen molar-refractivity contribution in [2.75, 3.05) is 12.8 Å². The number of halogens is 1. The molecular formula is C14H16ClN3O2S. The van der Waals surface area contributed by atoms with E-state index in [0.29, 0.717) is 5.02 Å². The Bertz CT molecular complexity index is 749. The molecule has 1 heterocycles. The predicted octanol–water partition coefficient (Wildman–Crippen LogP) is 2.70. The third-order valence-corrected chi connectivity index (χ3v) is 5.44. The van der Waals surface area contributed by atoms with E-state index < -0.39 is 16.1 Å². The molecule has 2 rings (SSSR count). The lowest BCUT2D eigenvalue weighted by Crippen LogP contribution is -2.31. The molecule has 0 spiro atoms. The Morgan fingerprint density at radius 2 is 2.00 bits per heavy atom. The van der Waals surface area contributed by atoms with Crippen LogP contribution in [0.5, 0.6) is 0 Å². The van der Waals surface area contributed by atoms with E-state index in [1.807, 2.05) is 6.07 Å². The van der Waals surface area contributed by atoms with Crippen molar-refractivity contribution in [3.05, 3.63) is 53.2 Å². The molecule has 1 unspecified atom stereocenters. The fourth-order valence-corrected chi connectivity index (χ4v) is 3.51. The summed E-state index contributed by atoms with van der Waals surface area (Å²) >= 11 is 5.95. The monoisotopic (exact) mass is 325 g/mol. The summed E-state index contributed by atoms with van der Waals surface area (Å²) in [6, 6.07) is 9.79. The second kappa shape index (κ2) is 6.01. The molecule has 0 bridgehead atoms. The lowest BCUT2D eigenvalue weighted by Gasteiger charge is -2.24. The van der Waals surface area contributed by atoms with Gasteiger partial charge in [-0.1, -0.05) is 23.7 Å². The van der Waals surface area contributed by atoms with Gasteiger partial charge < -0.3 is 5.73 Å². The highest BCUT2D eigenvalue weighted by Gasteiger charge is 2.29. The first-order chi connectivity index (χ1) is 9.84. The van der Waals surface area contributed by atoms with Gasteiger partial charge in [0, 0.05) is 24.3 Å². The zero-order valence-electron chi connectivity index (χ0n) is 11.7. The van der Waals surface area contributed by atoms with Crippen molar-refractivity contribution in [1.82, 2.24) is 9.29 Å². The van der Waals surface area contributed by atoms with Gasteiger partial charge in [-0.25, -0.2) is 13.4 Å². The largest absolute Gasteiger partial charge is 0.396 e. The van der Waals surface area contributed by atoms with Crippen LogP contribution < -0.4 is 5.73 Å². The van der Waals surface area contributed by atoms with E-state index in [1.54, 1.807) is 31.2 Å². The molecule has 0 saturated carbocycles. The van der Waals surface area contributed by atoms with Crippen LogP contribution in [0.1, 0.15) is 18.5 Å². The SMILES string of the molecule is CC(c1cccc(Cl)c1)N(C)S(=O)(=O)c1ncccc1N. The molecule has 0 fully saturated rings. The Morgan fingerprint density at radius 3 is 2.62 bits per heavy atom. The zero-order chi connectivity index (χ0) is 15.6. The van der Waals surface area contributed by atoms with Crippen molar-refractivity contribution >= 4 is 27.3 Å². The molecule has 21 heavy (non-hydrogen) atoms. The Morgan fingerprint density at radius 1 is 1.29 bits per heavy atom. The van der Waals surface area contributed by atoms with Crippen LogP contribution in [0, 0.1) is 0 Å². The van der Waals surface area contributed by atoms with Gasteiger partial charge >= 0.3 is 0 Å². The summed E-state index contributed by atoms with van der Waals surface area (Å²) in [4.78, 5) is 3.88. The normalized spacial score (nSPS) is 13.3. The molecule has 1 atom stereocenters. The lowest BCUT2D eigenvalue weighted by molar-refractivity contribution is 0.397. The van der Waals surface area contributed by atoms with E-state index in [4.69, 9.17) is 17.3 Å². The van der Waals surface area contributed by atoms with Crippen LogP contribution in [0.15, 0.2) is 47.6 Å². The third-order valence-electron chi connectivity index (χ3n) is 3.30. The van der Waals surface area contributed by atoms with Gasteiger partial charge in [0.15, 0.2) is 5.03 Å². The minimum absolute atomic E-state index is 0.127. The number of sulfonamides is 1. The van der Waals surface area contributed by atoms with Crippen LogP contribution in [-0.2, 0) is 10.0 Å². The average molecular weight is 326 g/mol. The van der Waals surface area contributed by atoms with E-state index in [0.717, 1.165) is 5.56 Å². The molecule has 7 heteroatoms. The van der Waals surface area contributed by atoms with Crippen molar-refractivity contribution in [2.24, 2.45) is 0 Å². The molecule has 0 radical (unpaired) electrons. The highest BCUT2D eigenvalue weighted by molar-refractivity contribution is 7.89. The molecule has 112 valence electrons. The fourth-order valence-electron chi connectivity index (χ4n) is 1.94. The number of pyridine rings is 1. The zero-order valence-corrected chi connectivity index (χ0v) is 13.3. The predicted molar refractivity (Wildman–Crippen MR) is 83.5 cm³/mol. The summed E-state index contributed by atoms with van der Waals surface area (Å²) in [7, 11) is -2.28. The lowest BCUT2D eigenvalue weighted by atomic mass is 10.1. The molecule has 0 amide bonds. The van der Waals surface area contributed by atoms with Crippen LogP contribution in [0.2, 0.25) is 5.02 Å². The smallest absolute Gasteiger partial charge is 0.262 e. The first-order valence-corrected chi connectivity index (χ1v) is 8.10. The van der Waals surface area contributed by atoms with Crippen molar-refractivity contribution < 1.29 is 8.42 Å². The summed E-state index contributed by atoms with van der Waals surface area (Å²) in [5.74, 6) is 0. The minimum atomic E-state index is -3.78. The molecule has 0 aliphatic rings. The number of rotatable bonds is 4. The van der Waals surface area contributed by atoms with Gasteiger partial charge in [-0.05, 0) is 36.8 Å². The standard InChI is InChI=1S/C14H16ClN3O2S/c1-10(11-5-3-6-12(15)9-11)18(2)21(19,20)14-13(16)7-4-8-17-14/h3-10H,16H2,1-2H3. The maximum absolute atomic E-state index is 12.6. The molecule has 2 aromatic rings.